The highest BCUT2D eigenvalue weighted by Crippen LogP contribution is 2.44. The molecule has 29 heavy (non-hydrogen) atoms. The topological polar surface area (TPSA) is 28.7 Å². The Labute approximate surface area is 184 Å². The summed E-state index contributed by atoms with van der Waals surface area (Å²) in [4.78, 5) is 4.40. The smallest absolute Gasteiger partial charge is 0.0680 e. The molecule has 0 aromatic carbocycles. The number of aromatic amines is 1. The number of aromatic nitrogens is 2. The van der Waals surface area contributed by atoms with E-state index in [0.717, 1.165) is 5.69 Å². The first-order valence-corrected chi connectivity index (χ1v) is 13.1. The summed E-state index contributed by atoms with van der Waals surface area (Å²) < 4.78 is 0. The number of hydrogen-bond donors (Lipinski definition) is 1. The Morgan fingerprint density at radius 3 is 2.17 bits per heavy atom. The van der Waals surface area contributed by atoms with E-state index in [1.807, 2.05) is 22.7 Å². The lowest BCUT2D eigenvalue weighted by atomic mass is 10.0. The van der Waals surface area contributed by atoms with Crippen LogP contribution in [-0.4, -0.2) is 10.2 Å². The summed E-state index contributed by atoms with van der Waals surface area (Å²) >= 11 is 3.91. The predicted molar refractivity (Wildman–Crippen MR) is 130 cm³/mol. The second-order valence-corrected chi connectivity index (χ2v) is 10.1. The minimum absolute atomic E-state index is 1.11. The van der Waals surface area contributed by atoms with Crippen LogP contribution in [0.25, 0.3) is 20.2 Å². The van der Waals surface area contributed by atoms with Gasteiger partial charge in [0.1, 0.15) is 0 Å². The molecule has 0 aliphatic heterocycles. The maximum Gasteiger partial charge on any atom is 0.0680 e. The van der Waals surface area contributed by atoms with Crippen molar-refractivity contribution in [1.29, 1.82) is 0 Å². The van der Waals surface area contributed by atoms with Gasteiger partial charge < -0.3 is 0 Å². The molecule has 0 radical (unpaired) electrons. The maximum atomic E-state index is 4.44. The maximum absolute atomic E-state index is 4.44. The SMILES string of the molecule is CCCCCCc1ccsc1-c1sc(-c2c(C)n[nH]c2C)cc1CCCCCC. The Kier molecular flexibility index (Phi) is 8.55. The quantitative estimate of drug-likeness (QED) is 0.287. The van der Waals surface area contributed by atoms with Crippen molar-refractivity contribution < 1.29 is 0 Å². The average Bonchev–Trinajstić information content (AvgIpc) is 3.41. The molecule has 0 fully saturated rings. The van der Waals surface area contributed by atoms with E-state index in [-0.39, 0.29) is 0 Å². The van der Waals surface area contributed by atoms with E-state index >= 15 is 0 Å². The number of hydrogen-bond acceptors (Lipinski definition) is 3. The van der Waals surface area contributed by atoms with E-state index < -0.39 is 0 Å². The summed E-state index contributed by atoms with van der Waals surface area (Å²) in [7, 11) is 0. The Morgan fingerprint density at radius 2 is 1.55 bits per heavy atom. The van der Waals surface area contributed by atoms with Gasteiger partial charge in [-0.1, -0.05) is 52.4 Å². The number of rotatable bonds is 12. The van der Waals surface area contributed by atoms with E-state index in [0.29, 0.717) is 0 Å². The molecule has 4 heteroatoms. The number of aryl methyl sites for hydroxylation is 4. The molecular formula is C25H36N2S2. The van der Waals surface area contributed by atoms with E-state index in [4.69, 9.17) is 0 Å². The average molecular weight is 429 g/mol. The minimum atomic E-state index is 1.11. The van der Waals surface area contributed by atoms with Gasteiger partial charge in [0.05, 0.1) is 5.69 Å². The van der Waals surface area contributed by atoms with Crippen LogP contribution in [0.2, 0.25) is 0 Å². The Hall–Kier alpha value is -1.39. The molecule has 0 saturated carbocycles. The fraction of sp³-hybridized carbons (Fsp3) is 0.560. The Balaban J connectivity index is 1.89. The zero-order valence-electron chi connectivity index (χ0n) is 18.6. The van der Waals surface area contributed by atoms with E-state index in [9.17, 15) is 0 Å². The number of thiophene rings is 2. The van der Waals surface area contributed by atoms with Gasteiger partial charge in [-0.15, -0.1) is 22.7 Å². The minimum Gasteiger partial charge on any atom is -0.282 e. The van der Waals surface area contributed by atoms with Crippen molar-refractivity contribution in [3.05, 3.63) is 40.0 Å². The van der Waals surface area contributed by atoms with Gasteiger partial charge >= 0.3 is 0 Å². The van der Waals surface area contributed by atoms with Crippen LogP contribution in [0.5, 0.6) is 0 Å². The van der Waals surface area contributed by atoms with Crippen molar-refractivity contribution in [2.45, 2.75) is 91.9 Å². The lowest BCUT2D eigenvalue weighted by Gasteiger charge is -2.06. The molecule has 0 amide bonds. The highest BCUT2D eigenvalue weighted by Gasteiger charge is 2.19. The highest BCUT2D eigenvalue weighted by molar-refractivity contribution is 7.23. The Morgan fingerprint density at radius 1 is 0.862 bits per heavy atom. The second kappa shape index (κ2) is 11.1. The second-order valence-electron chi connectivity index (χ2n) is 8.17. The zero-order valence-corrected chi connectivity index (χ0v) is 20.2. The van der Waals surface area contributed by atoms with E-state index in [1.54, 1.807) is 11.1 Å². The molecule has 3 aromatic rings. The first-order valence-electron chi connectivity index (χ1n) is 11.4. The van der Waals surface area contributed by atoms with Gasteiger partial charge in [-0.25, -0.2) is 0 Å². The molecule has 0 spiro atoms. The van der Waals surface area contributed by atoms with E-state index in [1.165, 1.54) is 90.1 Å². The summed E-state index contributed by atoms with van der Waals surface area (Å²) in [5.74, 6) is 0. The van der Waals surface area contributed by atoms with Gasteiger partial charge in [0, 0.05) is 25.9 Å². The third-order valence-electron chi connectivity index (χ3n) is 5.74. The normalized spacial score (nSPS) is 11.4. The van der Waals surface area contributed by atoms with Gasteiger partial charge in [-0.2, -0.15) is 5.10 Å². The fourth-order valence-electron chi connectivity index (χ4n) is 4.06. The molecule has 3 heterocycles. The number of H-pyrrole nitrogens is 1. The van der Waals surface area contributed by atoms with Crippen molar-refractivity contribution in [3.63, 3.8) is 0 Å². The van der Waals surface area contributed by atoms with Gasteiger partial charge in [0.15, 0.2) is 0 Å². The van der Waals surface area contributed by atoms with Crippen molar-refractivity contribution in [2.24, 2.45) is 0 Å². The van der Waals surface area contributed by atoms with Gasteiger partial charge in [0.25, 0.3) is 0 Å². The van der Waals surface area contributed by atoms with Crippen molar-refractivity contribution >= 4 is 22.7 Å². The first-order chi connectivity index (χ1) is 14.2. The summed E-state index contributed by atoms with van der Waals surface area (Å²) in [6, 6.07) is 4.82. The molecular weight excluding hydrogens is 392 g/mol. The standard InChI is InChI=1S/C25H36N2S2/c1-5-7-9-11-13-20-15-16-28-24(20)25-21(14-12-10-8-6-2)17-22(29-25)23-18(3)26-27-19(23)4/h15-17H,5-14H2,1-4H3,(H,26,27). The summed E-state index contributed by atoms with van der Waals surface area (Å²) in [6.45, 7) is 8.83. The molecule has 3 rings (SSSR count). The van der Waals surface area contributed by atoms with Crippen LogP contribution in [-0.2, 0) is 12.8 Å². The Bertz CT molecular complexity index is 865. The van der Waals surface area contributed by atoms with Gasteiger partial charge in [-0.3, -0.25) is 5.10 Å². The number of nitrogens with one attached hydrogen (secondary N) is 1. The van der Waals surface area contributed by atoms with Crippen molar-refractivity contribution in [2.75, 3.05) is 0 Å². The summed E-state index contributed by atoms with van der Waals surface area (Å²) in [5.41, 5.74) is 6.68. The molecule has 0 aliphatic carbocycles. The van der Waals surface area contributed by atoms with E-state index in [2.05, 4.69) is 55.4 Å². The third-order valence-corrected chi connectivity index (χ3v) is 8.05. The van der Waals surface area contributed by atoms with Gasteiger partial charge in [0.2, 0.25) is 0 Å². The molecule has 0 aliphatic rings. The van der Waals surface area contributed by atoms with Crippen LogP contribution >= 0.6 is 22.7 Å². The molecule has 158 valence electrons. The van der Waals surface area contributed by atoms with Gasteiger partial charge in [-0.05, 0) is 68.2 Å². The van der Waals surface area contributed by atoms with Crippen LogP contribution < -0.4 is 0 Å². The monoisotopic (exact) mass is 428 g/mol. The number of unbranched alkanes of at least 4 members (excludes halogenated alkanes) is 6. The molecule has 0 saturated heterocycles. The largest absolute Gasteiger partial charge is 0.282 e. The molecule has 0 unspecified atom stereocenters. The molecule has 1 N–H and O–H groups in total. The summed E-state index contributed by atoms with van der Waals surface area (Å²) in [5, 5.41) is 9.90. The first kappa shape index (κ1) is 22.3. The summed E-state index contributed by atoms with van der Waals surface area (Å²) in [6.07, 6.45) is 13.0. The van der Waals surface area contributed by atoms with Crippen LogP contribution in [0.15, 0.2) is 17.5 Å². The zero-order chi connectivity index (χ0) is 20.6. The molecule has 3 aromatic heterocycles. The predicted octanol–water partition coefficient (Wildman–Crippen LogP) is 8.73. The van der Waals surface area contributed by atoms with Crippen molar-refractivity contribution in [3.8, 4) is 20.2 Å². The molecule has 0 bridgehead atoms. The van der Waals surface area contributed by atoms with Crippen LogP contribution in [0.3, 0.4) is 0 Å². The van der Waals surface area contributed by atoms with Crippen molar-refractivity contribution in [1.82, 2.24) is 10.2 Å². The molecule has 0 atom stereocenters. The lowest BCUT2D eigenvalue weighted by molar-refractivity contribution is 0.666. The number of nitrogens with zero attached hydrogens (tertiary/aromatic N) is 1. The molecule has 2 nitrogen and oxygen atoms in total. The van der Waals surface area contributed by atoms with Crippen LogP contribution in [0, 0.1) is 13.8 Å². The van der Waals surface area contributed by atoms with Crippen LogP contribution in [0.4, 0.5) is 0 Å². The third kappa shape index (κ3) is 5.61. The lowest BCUT2D eigenvalue weighted by Crippen LogP contribution is -1.89. The fourth-order valence-corrected chi connectivity index (χ4v) is 6.60. The van der Waals surface area contributed by atoms with Crippen LogP contribution in [0.1, 0.15) is 87.7 Å². The highest BCUT2D eigenvalue weighted by atomic mass is 32.1.